The van der Waals surface area contributed by atoms with Crippen LogP contribution in [0.2, 0.25) is 0 Å². The molecule has 0 bridgehead atoms. The number of anilines is 1. The van der Waals surface area contributed by atoms with E-state index >= 15 is 0 Å². The predicted molar refractivity (Wildman–Crippen MR) is 55.4 cm³/mol. The van der Waals surface area contributed by atoms with Crippen LogP contribution in [0.1, 0.15) is 0 Å². The summed E-state index contributed by atoms with van der Waals surface area (Å²) in [5.74, 6) is 5.29. The average molecular weight is 229 g/mol. The van der Waals surface area contributed by atoms with E-state index in [1.807, 2.05) is 0 Å². The van der Waals surface area contributed by atoms with Crippen molar-refractivity contribution in [2.24, 2.45) is 5.84 Å². The minimum Gasteiger partial charge on any atom is -0.277 e. The van der Waals surface area contributed by atoms with Crippen molar-refractivity contribution in [1.82, 2.24) is 4.72 Å². The maximum atomic E-state index is 11.3. The number of hydrazine groups is 1. The Morgan fingerprint density at radius 2 is 1.87 bits per heavy atom. The molecule has 15 heavy (non-hydrogen) atoms. The van der Waals surface area contributed by atoms with Gasteiger partial charge in [0.05, 0.1) is 10.6 Å². The van der Waals surface area contributed by atoms with Gasteiger partial charge in [0.15, 0.2) is 0 Å². The van der Waals surface area contributed by atoms with Crippen molar-refractivity contribution in [3.63, 3.8) is 0 Å². The van der Waals surface area contributed by atoms with Crippen LogP contribution in [0.25, 0.3) is 0 Å². The number of nitrogens with two attached hydrogens (primary N) is 1. The number of sulfonamides is 1. The van der Waals surface area contributed by atoms with Gasteiger partial charge in [0.25, 0.3) is 0 Å². The summed E-state index contributed by atoms with van der Waals surface area (Å²) in [5.41, 5.74) is 0.417. The second-order valence-electron chi connectivity index (χ2n) is 2.71. The third-order valence-electron chi connectivity index (χ3n) is 1.83. The topological polar surface area (TPSA) is 92.5 Å². The van der Waals surface area contributed by atoms with E-state index in [1.54, 1.807) is 0 Å². The molecule has 3 N–H and O–H groups in total. The standard InChI is InChI=1S/C8H11N3O3S/c1-10-15(13,14)8-4-2-7(3-5-8)11(9)6-12/h2-6,10H,9H2,1H3. The molecule has 0 aliphatic heterocycles. The van der Waals surface area contributed by atoms with E-state index < -0.39 is 10.0 Å². The summed E-state index contributed by atoms with van der Waals surface area (Å²) in [5, 5.41) is 0.857. The first-order chi connectivity index (χ1) is 7.01. The Bertz CT molecular complexity index is 441. The van der Waals surface area contributed by atoms with Gasteiger partial charge >= 0.3 is 0 Å². The Hall–Kier alpha value is -1.44. The largest absolute Gasteiger partial charge is 0.277 e. The molecule has 0 fully saturated rings. The normalized spacial score (nSPS) is 11.1. The molecule has 0 unspecified atom stereocenters. The Morgan fingerprint density at radius 1 is 1.33 bits per heavy atom. The predicted octanol–water partition coefficient (Wildman–Crippen LogP) is -0.569. The number of benzene rings is 1. The molecule has 0 heterocycles. The molecule has 0 atom stereocenters. The average Bonchev–Trinajstić information content (AvgIpc) is 2.28. The van der Waals surface area contributed by atoms with Crippen LogP contribution in [0.5, 0.6) is 0 Å². The number of hydrogen-bond acceptors (Lipinski definition) is 4. The SMILES string of the molecule is CNS(=O)(=O)c1ccc(N(N)C=O)cc1. The summed E-state index contributed by atoms with van der Waals surface area (Å²) in [6, 6.07) is 5.62. The van der Waals surface area contributed by atoms with Crippen molar-refractivity contribution in [3.8, 4) is 0 Å². The lowest BCUT2D eigenvalue weighted by Crippen LogP contribution is -2.28. The Labute approximate surface area is 87.7 Å². The van der Waals surface area contributed by atoms with Gasteiger partial charge in [0, 0.05) is 0 Å². The molecular formula is C8H11N3O3S. The fourth-order valence-corrected chi connectivity index (χ4v) is 1.71. The third kappa shape index (κ3) is 2.52. The highest BCUT2D eigenvalue weighted by Crippen LogP contribution is 2.14. The Morgan fingerprint density at radius 3 is 2.27 bits per heavy atom. The first-order valence-corrected chi connectivity index (χ1v) is 5.52. The number of nitrogens with zero attached hydrogens (tertiary/aromatic N) is 1. The second-order valence-corrected chi connectivity index (χ2v) is 4.60. The number of carbonyl (C=O) groups is 1. The maximum absolute atomic E-state index is 11.3. The van der Waals surface area contributed by atoms with Gasteiger partial charge in [-0.15, -0.1) is 0 Å². The van der Waals surface area contributed by atoms with Gasteiger partial charge in [0.2, 0.25) is 16.4 Å². The highest BCUT2D eigenvalue weighted by atomic mass is 32.2. The zero-order valence-corrected chi connectivity index (χ0v) is 8.86. The van der Waals surface area contributed by atoms with Crippen molar-refractivity contribution in [1.29, 1.82) is 0 Å². The van der Waals surface area contributed by atoms with Crippen molar-refractivity contribution < 1.29 is 13.2 Å². The molecule has 1 aromatic rings. The van der Waals surface area contributed by atoms with Gasteiger partial charge in [-0.1, -0.05) is 0 Å². The van der Waals surface area contributed by atoms with Gasteiger partial charge in [-0.3, -0.25) is 9.80 Å². The molecule has 0 aliphatic rings. The van der Waals surface area contributed by atoms with Crippen molar-refractivity contribution in [2.45, 2.75) is 4.90 Å². The number of rotatable bonds is 4. The van der Waals surface area contributed by atoms with E-state index in [0.29, 0.717) is 12.1 Å². The third-order valence-corrected chi connectivity index (χ3v) is 3.26. The summed E-state index contributed by atoms with van der Waals surface area (Å²) >= 11 is 0. The first-order valence-electron chi connectivity index (χ1n) is 4.04. The van der Waals surface area contributed by atoms with Gasteiger partial charge in [-0.05, 0) is 31.3 Å². The molecule has 0 spiro atoms. The molecule has 1 rings (SSSR count). The minimum absolute atomic E-state index is 0.119. The van der Waals surface area contributed by atoms with Gasteiger partial charge in [-0.2, -0.15) is 0 Å². The van der Waals surface area contributed by atoms with E-state index in [2.05, 4.69) is 4.72 Å². The van der Waals surface area contributed by atoms with Gasteiger partial charge in [-0.25, -0.2) is 19.0 Å². The van der Waals surface area contributed by atoms with E-state index in [4.69, 9.17) is 5.84 Å². The molecule has 82 valence electrons. The minimum atomic E-state index is -3.45. The molecule has 0 radical (unpaired) electrons. The maximum Gasteiger partial charge on any atom is 0.240 e. The molecule has 0 aliphatic carbocycles. The van der Waals surface area contributed by atoms with Crippen LogP contribution in [-0.2, 0) is 14.8 Å². The molecule has 7 heteroatoms. The monoisotopic (exact) mass is 229 g/mol. The van der Waals surface area contributed by atoms with E-state index in [9.17, 15) is 13.2 Å². The molecule has 0 saturated carbocycles. The van der Waals surface area contributed by atoms with Crippen LogP contribution in [0.15, 0.2) is 29.2 Å². The fraction of sp³-hybridized carbons (Fsp3) is 0.125. The van der Waals surface area contributed by atoms with Crippen molar-refractivity contribution in [2.75, 3.05) is 12.1 Å². The molecular weight excluding hydrogens is 218 g/mol. The summed E-state index contributed by atoms with van der Waals surface area (Å²) in [4.78, 5) is 10.4. The van der Waals surface area contributed by atoms with Crippen LogP contribution in [0, 0.1) is 0 Å². The molecule has 0 aromatic heterocycles. The van der Waals surface area contributed by atoms with Crippen molar-refractivity contribution in [3.05, 3.63) is 24.3 Å². The van der Waals surface area contributed by atoms with Crippen LogP contribution in [0.4, 0.5) is 5.69 Å². The first kappa shape index (κ1) is 11.6. The second kappa shape index (κ2) is 4.39. The Balaban J connectivity index is 3.05. The van der Waals surface area contributed by atoms with Crippen molar-refractivity contribution >= 4 is 22.1 Å². The van der Waals surface area contributed by atoms with Crippen LogP contribution in [0.3, 0.4) is 0 Å². The van der Waals surface area contributed by atoms with Crippen LogP contribution < -0.4 is 15.6 Å². The van der Waals surface area contributed by atoms with E-state index in [-0.39, 0.29) is 4.90 Å². The highest BCUT2D eigenvalue weighted by Gasteiger charge is 2.10. The quantitative estimate of drug-likeness (QED) is 0.313. The van der Waals surface area contributed by atoms with Gasteiger partial charge < -0.3 is 0 Å². The summed E-state index contributed by atoms with van der Waals surface area (Å²) in [6.45, 7) is 0. The summed E-state index contributed by atoms with van der Waals surface area (Å²) in [7, 11) is -2.12. The van der Waals surface area contributed by atoms with E-state index in [0.717, 1.165) is 5.01 Å². The summed E-state index contributed by atoms with van der Waals surface area (Å²) in [6.07, 6.45) is 0.432. The smallest absolute Gasteiger partial charge is 0.240 e. The lowest BCUT2D eigenvalue weighted by molar-refractivity contribution is -0.107. The number of nitrogens with one attached hydrogen (secondary N) is 1. The number of carbonyl (C=O) groups excluding carboxylic acids is 1. The zero-order chi connectivity index (χ0) is 11.5. The van der Waals surface area contributed by atoms with Crippen LogP contribution in [-0.4, -0.2) is 21.9 Å². The molecule has 1 amide bonds. The fourth-order valence-electron chi connectivity index (χ4n) is 0.976. The molecule has 6 nitrogen and oxygen atoms in total. The number of amides is 1. The van der Waals surface area contributed by atoms with E-state index in [1.165, 1.54) is 31.3 Å². The lowest BCUT2D eigenvalue weighted by atomic mass is 10.3. The zero-order valence-electron chi connectivity index (χ0n) is 8.04. The summed E-state index contributed by atoms with van der Waals surface area (Å²) < 4.78 is 24.8. The molecule has 0 saturated heterocycles. The molecule has 1 aromatic carbocycles. The van der Waals surface area contributed by atoms with Gasteiger partial charge in [0.1, 0.15) is 0 Å². The number of hydrogen-bond donors (Lipinski definition) is 2. The van der Waals surface area contributed by atoms with Crippen LogP contribution >= 0.6 is 0 Å². The lowest BCUT2D eigenvalue weighted by Gasteiger charge is -2.10. The Kier molecular flexibility index (Phi) is 3.40. The highest BCUT2D eigenvalue weighted by molar-refractivity contribution is 7.89.